The van der Waals surface area contributed by atoms with E-state index in [-0.39, 0.29) is 31.3 Å². The second kappa shape index (κ2) is 7.40. The van der Waals surface area contributed by atoms with Gasteiger partial charge in [0.25, 0.3) is 0 Å². The van der Waals surface area contributed by atoms with E-state index in [0.717, 1.165) is 10.0 Å². The Morgan fingerprint density at radius 1 is 1.48 bits per heavy atom. The predicted octanol–water partition coefficient (Wildman–Crippen LogP) is 2.47. The highest BCUT2D eigenvalue weighted by molar-refractivity contribution is 9.10. The lowest BCUT2D eigenvalue weighted by molar-refractivity contribution is -0.151. The summed E-state index contributed by atoms with van der Waals surface area (Å²) in [6, 6.07) is 4.36. The number of halogens is 2. The summed E-state index contributed by atoms with van der Waals surface area (Å²) in [5.74, 6) is -1.41. The largest absolute Gasteiger partial charge is 0.481 e. The minimum absolute atomic E-state index is 0.0849. The van der Waals surface area contributed by atoms with Gasteiger partial charge >= 0.3 is 5.97 Å². The van der Waals surface area contributed by atoms with Crippen LogP contribution < -0.4 is 0 Å². The van der Waals surface area contributed by atoms with Crippen LogP contribution in [0.4, 0.5) is 4.39 Å². The second-order valence-corrected chi connectivity index (χ2v) is 6.67. The van der Waals surface area contributed by atoms with Crippen molar-refractivity contribution in [3.05, 3.63) is 34.1 Å². The fourth-order valence-corrected chi connectivity index (χ4v) is 3.30. The molecule has 7 heteroatoms. The van der Waals surface area contributed by atoms with Crippen LogP contribution in [0.1, 0.15) is 18.4 Å². The van der Waals surface area contributed by atoms with Gasteiger partial charge in [-0.25, -0.2) is 4.39 Å². The lowest BCUT2D eigenvalue weighted by Crippen LogP contribution is -2.40. The molecule has 23 heavy (non-hydrogen) atoms. The molecule has 2 rings (SSSR count). The number of benzene rings is 1. The van der Waals surface area contributed by atoms with Gasteiger partial charge in [-0.1, -0.05) is 15.9 Å². The molecule has 1 aliphatic rings. The number of amides is 1. The summed E-state index contributed by atoms with van der Waals surface area (Å²) in [7, 11) is 1.46. The van der Waals surface area contributed by atoms with E-state index in [1.54, 1.807) is 11.0 Å². The van der Waals surface area contributed by atoms with Gasteiger partial charge in [-0.15, -0.1) is 0 Å². The molecular weight excluding hydrogens is 369 g/mol. The highest BCUT2D eigenvalue weighted by Crippen LogP contribution is 2.32. The third-order valence-electron chi connectivity index (χ3n) is 4.20. The van der Waals surface area contributed by atoms with Gasteiger partial charge in [0.05, 0.1) is 6.61 Å². The summed E-state index contributed by atoms with van der Waals surface area (Å²) in [5.41, 5.74) is -0.303. The highest BCUT2D eigenvalue weighted by atomic mass is 79.9. The van der Waals surface area contributed by atoms with Crippen LogP contribution in [-0.2, 0) is 20.7 Å². The number of carbonyl (C=O) groups excluding carboxylic acids is 1. The summed E-state index contributed by atoms with van der Waals surface area (Å²) in [6.45, 7) is 0.639. The number of aryl methyl sites for hydroxylation is 1. The van der Waals surface area contributed by atoms with Gasteiger partial charge in [0, 0.05) is 31.1 Å². The van der Waals surface area contributed by atoms with E-state index in [1.165, 1.54) is 19.2 Å². The summed E-state index contributed by atoms with van der Waals surface area (Å²) in [6.07, 6.45) is 0.994. The van der Waals surface area contributed by atoms with Crippen LogP contribution in [0.5, 0.6) is 0 Å². The van der Waals surface area contributed by atoms with E-state index in [0.29, 0.717) is 19.4 Å². The van der Waals surface area contributed by atoms with Crippen LogP contribution in [0.25, 0.3) is 0 Å². The number of ether oxygens (including phenoxy) is 1. The molecule has 1 atom stereocenters. The molecule has 1 saturated heterocycles. The third kappa shape index (κ3) is 4.09. The maximum atomic E-state index is 13.3. The Kier molecular flexibility index (Phi) is 5.75. The molecule has 0 saturated carbocycles. The van der Waals surface area contributed by atoms with Crippen molar-refractivity contribution >= 4 is 27.8 Å². The van der Waals surface area contributed by atoms with Crippen LogP contribution in [-0.4, -0.2) is 48.7 Å². The number of carbonyl (C=O) groups is 2. The summed E-state index contributed by atoms with van der Waals surface area (Å²) in [4.78, 5) is 25.3. The van der Waals surface area contributed by atoms with Gasteiger partial charge in [-0.3, -0.25) is 9.59 Å². The van der Waals surface area contributed by atoms with E-state index in [1.807, 2.05) is 0 Å². The Hall–Kier alpha value is -1.47. The van der Waals surface area contributed by atoms with E-state index in [4.69, 9.17) is 4.74 Å². The molecule has 0 aliphatic carbocycles. The lowest BCUT2D eigenvalue weighted by atomic mass is 9.88. The Bertz CT molecular complexity index is 610. The van der Waals surface area contributed by atoms with Crippen molar-refractivity contribution in [1.82, 2.24) is 4.90 Å². The van der Waals surface area contributed by atoms with Crippen LogP contribution in [0.2, 0.25) is 0 Å². The molecule has 126 valence electrons. The number of likely N-dealkylation sites (tertiary alicyclic amines) is 1. The van der Waals surface area contributed by atoms with Crippen molar-refractivity contribution in [2.45, 2.75) is 19.3 Å². The fraction of sp³-hybridized carbons (Fsp3) is 0.500. The van der Waals surface area contributed by atoms with Gasteiger partial charge in [-0.05, 0) is 36.6 Å². The minimum atomic E-state index is -1.02. The smallest absolute Gasteiger partial charge is 0.313 e. The highest BCUT2D eigenvalue weighted by Gasteiger charge is 2.46. The number of hydrogen-bond donors (Lipinski definition) is 1. The molecule has 1 amide bonds. The molecule has 0 radical (unpaired) electrons. The first kappa shape index (κ1) is 17.9. The SMILES string of the molecule is COCC1(C(=O)O)CCN(C(=O)CCc2cc(F)ccc2Br)C1. The average molecular weight is 388 g/mol. The molecule has 1 aromatic carbocycles. The molecule has 1 unspecified atom stereocenters. The van der Waals surface area contributed by atoms with Crippen LogP contribution in [0, 0.1) is 11.2 Å². The number of carboxylic acid groups (broad SMARTS) is 1. The van der Waals surface area contributed by atoms with E-state index < -0.39 is 11.4 Å². The molecule has 1 N–H and O–H groups in total. The molecule has 1 aromatic rings. The molecule has 1 heterocycles. The molecule has 0 bridgehead atoms. The Morgan fingerprint density at radius 2 is 2.22 bits per heavy atom. The lowest BCUT2D eigenvalue weighted by Gasteiger charge is -2.23. The molecule has 1 aliphatic heterocycles. The molecule has 0 spiro atoms. The van der Waals surface area contributed by atoms with E-state index in [9.17, 15) is 19.1 Å². The number of aliphatic carboxylic acids is 1. The van der Waals surface area contributed by atoms with E-state index in [2.05, 4.69) is 15.9 Å². The normalized spacial score (nSPS) is 20.7. The maximum absolute atomic E-state index is 13.3. The first-order valence-electron chi connectivity index (χ1n) is 7.32. The van der Waals surface area contributed by atoms with Crippen molar-refractivity contribution in [3.63, 3.8) is 0 Å². The minimum Gasteiger partial charge on any atom is -0.481 e. The summed E-state index contributed by atoms with van der Waals surface area (Å²) >= 11 is 3.34. The zero-order chi connectivity index (χ0) is 17.0. The average Bonchev–Trinajstić information content (AvgIpc) is 2.94. The van der Waals surface area contributed by atoms with Crippen molar-refractivity contribution in [3.8, 4) is 0 Å². The summed E-state index contributed by atoms with van der Waals surface area (Å²) < 4.78 is 19.0. The second-order valence-electron chi connectivity index (χ2n) is 5.82. The zero-order valence-corrected chi connectivity index (χ0v) is 14.4. The molecule has 1 fully saturated rings. The van der Waals surface area contributed by atoms with Gasteiger partial charge in [0.2, 0.25) is 5.91 Å². The number of methoxy groups -OCH3 is 1. The monoisotopic (exact) mass is 387 g/mol. The number of hydrogen-bond acceptors (Lipinski definition) is 3. The van der Waals surface area contributed by atoms with E-state index >= 15 is 0 Å². The Labute approximate surface area is 142 Å². The Morgan fingerprint density at radius 3 is 2.87 bits per heavy atom. The van der Waals surface area contributed by atoms with Crippen molar-refractivity contribution in [2.24, 2.45) is 5.41 Å². The van der Waals surface area contributed by atoms with Crippen LogP contribution >= 0.6 is 15.9 Å². The topological polar surface area (TPSA) is 66.8 Å². The van der Waals surface area contributed by atoms with Crippen LogP contribution in [0.15, 0.2) is 22.7 Å². The molecule has 5 nitrogen and oxygen atoms in total. The Balaban J connectivity index is 1.97. The fourth-order valence-electron chi connectivity index (χ4n) is 2.85. The third-order valence-corrected chi connectivity index (χ3v) is 4.97. The van der Waals surface area contributed by atoms with Gasteiger partial charge < -0.3 is 14.7 Å². The number of carboxylic acids is 1. The zero-order valence-electron chi connectivity index (χ0n) is 12.8. The van der Waals surface area contributed by atoms with Gasteiger partial charge in [0.1, 0.15) is 11.2 Å². The number of rotatable bonds is 6. The van der Waals surface area contributed by atoms with Gasteiger partial charge in [-0.2, -0.15) is 0 Å². The van der Waals surface area contributed by atoms with Crippen LogP contribution in [0.3, 0.4) is 0 Å². The van der Waals surface area contributed by atoms with Crippen molar-refractivity contribution < 1.29 is 23.8 Å². The standard InChI is InChI=1S/C16H19BrFNO4/c1-23-10-16(15(21)22)6-7-19(9-16)14(20)5-2-11-8-12(18)3-4-13(11)17/h3-4,8H,2,5-7,9-10H2,1H3,(H,21,22). The number of nitrogens with zero attached hydrogens (tertiary/aromatic N) is 1. The summed E-state index contributed by atoms with van der Waals surface area (Å²) in [5, 5.41) is 9.40. The molecule has 0 aromatic heterocycles. The first-order valence-corrected chi connectivity index (χ1v) is 8.11. The maximum Gasteiger partial charge on any atom is 0.313 e. The van der Waals surface area contributed by atoms with Crippen molar-refractivity contribution in [1.29, 1.82) is 0 Å². The molecular formula is C16H19BrFNO4. The van der Waals surface area contributed by atoms with Crippen molar-refractivity contribution in [2.75, 3.05) is 26.8 Å². The van der Waals surface area contributed by atoms with Gasteiger partial charge in [0.15, 0.2) is 0 Å². The predicted molar refractivity (Wildman–Crippen MR) is 85.6 cm³/mol. The quantitative estimate of drug-likeness (QED) is 0.813. The first-order chi connectivity index (χ1) is 10.9.